The fourth-order valence-corrected chi connectivity index (χ4v) is 4.51. The van der Waals surface area contributed by atoms with Gasteiger partial charge in [-0.1, -0.05) is 54.6 Å². The van der Waals surface area contributed by atoms with Crippen molar-refractivity contribution in [3.8, 4) is 16.9 Å². The average molecular weight is 466 g/mol. The average Bonchev–Trinajstić information content (AvgIpc) is 3.10. The number of phenols is 1. The lowest BCUT2D eigenvalue weighted by atomic mass is 9.89. The SMILES string of the molecule is Oc1c(I)ccc2c1nc1n2CCC(c2ccc(-c3ccccc3)cc2)C1. The van der Waals surface area contributed by atoms with E-state index in [9.17, 15) is 5.11 Å². The summed E-state index contributed by atoms with van der Waals surface area (Å²) < 4.78 is 3.11. The molecule has 27 heavy (non-hydrogen) atoms. The molecule has 0 fully saturated rings. The van der Waals surface area contributed by atoms with Crippen LogP contribution in [0.1, 0.15) is 23.7 Å². The fourth-order valence-electron chi connectivity index (χ4n) is 4.08. The number of nitrogens with zero attached hydrogens (tertiary/aromatic N) is 2. The van der Waals surface area contributed by atoms with Gasteiger partial charge >= 0.3 is 0 Å². The topological polar surface area (TPSA) is 38.1 Å². The summed E-state index contributed by atoms with van der Waals surface area (Å²) in [7, 11) is 0. The number of hydrogen-bond donors (Lipinski definition) is 1. The Morgan fingerprint density at radius 2 is 1.67 bits per heavy atom. The molecule has 0 spiro atoms. The van der Waals surface area contributed by atoms with Gasteiger partial charge in [0, 0.05) is 13.0 Å². The maximum atomic E-state index is 10.3. The third kappa shape index (κ3) is 2.92. The Hall–Kier alpha value is -2.34. The Morgan fingerprint density at radius 3 is 2.44 bits per heavy atom. The summed E-state index contributed by atoms with van der Waals surface area (Å²) in [6, 6.07) is 23.5. The van der Waals surface area contributed by atoms with Crippen LogP contribution in [0.4, 0.5) is 0 Å². The molecule has 0 amide bonds. The van der Waals surface area contributed by atoms with Gasteiger partial charge in [-0.25, -0.2) is 4.98 Å². The lowest BCUT2D eigenvalue weighted by Gasteiger charge is -2.24. The highest BCUT2D eigenvalue weighted by Crippen LogP contribution is 2.36. The van der Waals surface area contributed by atoms with Crippen LogP contribution in [0, 0.1) is 3.57 Å². The van der Waals surface area contributed by atoms with Crippen LogP contribution in [0.25, 0.3) is 22.2 Å². The van der Waals surface area contributed by atoms with E-state index in [1.807, 2.05) is 12.1 Å². The van der Waals surface area contributed by atoms with Gasteiger partial charge in [0.15, 0.2) is 5.75 Å². The number of aryl methyl sites for hydroxylation is 1. The van der Waals surface area contributed by atoms with E-state index in [0.717, 1.165) is 39.8 Å². The van der Waals surface area contributed by atoms with Crippen molar-refractivity contribution < 1.29 is 5.11 Å². The molecule has 3 aromatic carbocycles. The molecule has 1 aliphatic heterocycles. The smallest absolute Gasteiger partial charge is 0.156 e. The molecule has 1 N–H and O–H groups in total. The van der Waals surface area contributed by atoms with Gasteiger partial charge < -0.3 is 9.67 Å². The zero-order valence-corrected chi connectivity index (χ0v) is 16.9. The summed E-state index contributed by atoms with van der Waals surface area (Å²) in [5.74, 6) is 1.85. The summed E-state index contributed by atoms with van der Waals surface area (Å²) in [6.07, 6.45) is 2.01. The van der Waals surface area contributed by atoms with Gasteiger partial charge in [0.1, 0.15) is 11.3 Å². The van der Waals surface area contributed by atoms with E-state index < -0.39 is 0 Å². The number of fused-ring (bicyclic) bond motifs is 3. The standard InChI is InChI=1S/C23H19IN2O/c24-19-10-11-20-22(23(19)27)25-21-14-18(12-13-26(20)21)17-8-6-16(7-9-17)15-4-2-1-3-5-15/h1-11,18,27H,12-14H2. The number of aromatic nitrogens is 2. The first-order valence-electron chi connectivity index (χ1n) is 9.22. The van der Waals surface area contributed by atoms with E-state index in [1.54, 1.807) is 0 Å². The van der Waals surface area contributed by atoms with E-state index in [2.05, 4.69) is 81.8 Å². The van der Waals surface area contributed by atoms with Crippen LogP contribution in [-0.4, -0.2) is 14.7 Å². The second-order valence-electron chi connectivity index (χ2n) is 7.12. The predicted molar refractivity (Wildman–Crippen MR) is 117 cm³/mol. The Kier molecular flexibility index (Phi) is 4.16. The number of imidazole rings is 1. The summed E-state index contributed by atoms with van der Waals surface area (Å²) in [5.41, 5.74) is 5.64. The molecule has 1 atom stereocenters. The van der Waals surface area contributed by atoms with Crippen molar-refractivity contribution in [1.82, 2.24) is 9.55 Å². The first-order valence-corrected chi connectivity index (χ1v) is 10.3. The Morgan fingerprint density at radius 1 is 0.926 bits per heavy atom. The molecule has 4 aromatic rings. The molecule has 5 rings (SSSR count). The molecule has 134 valence electrons. The van der Waals surface area contributed by atoms with Crippen LogP contribution in [0.15, 0.2) is 66.7 Å². The van der Waals surface area contributed by atoms with E-state index >= 15 is 0 Å². The van der Waals surface area contributed by atoms with Crippen molar-refractivity contribution in [2.45, 2.75) is 25.3 Å². The quantitative estimate of drug-likeness (QED) is 0.383. The van der Waals surface area contributed by atoms with Crippen molar-refractivity contribution in [3.05, 3.63) is 81.7 Å². The van der Waals surface area contributed by atoms with E-state index in [0.29, 0.717) is 11.7 Å². The third-order valence-electron chi connectivity index (χ3n) is 5.54. The zero-order valence-electron chi connectivity index (χ0n) is 14.8. The fraction of sp³-hybridized carbons (Fsp3) is 0.174. The lowest BCUT2D eigenvalue weighted by molar-refractivity contribution is 0.473. The summed E-state index contributed by atoms with van der Waals surface area (Å²) >= 11 is 2.16. The van der Waals surface area contributed by atoms with Crippen LogP contribution in [-0.2, 0) is 13.0 Å². The van der Waals surface area contributed by atoms with Crippen molar-refractivity contribution in [2.75, 3.05) is 0 Å². The van der Waals surface area contributed by atoms with Gasteiger partial charge in [0.25, 0.3) is 0 Å². The maximum Gasteiger partial charge on any atom is 0.156 e. The van der Waals surface area contributed by atoms with E-state index in [4.69, 9.17) is 4.98 Å². The van der Waals surface area contributed by atoms with Gasteiger partial charge in [-0.3, -0.25) is 0 Å². The minimum Gasteiger partial charge on any atom is -0.505 e. The minimum atomic E-state index is 0.304. The molecule has 1 unspecified atom stereocenters. The molecule has 1 aromatic heterocycles. The van der Waals surface area contributed by atoms with E-state index in [1.165, 1.54) is 16.7 Å². The van der Waals surface area contributed by atoms with Gasteiger partial charge in [-0.2, -0.15) is 0 Å². The Bertz CT molecular complexity index is 1120. The molecular formula is C23H19IN2O. The molecule has 2 heterocycles. The van der Waals surface area contributed by atoms with Crippen molar-refractivity contribution in [1.29, 1.82) is 0 Å². The number of aromatic hydroxyl groups is 1. The van der Waals surface area contributed by atoms with E-state index in [-0.39, 0.29) is 0 Å². The lowest BCUT2D eigenvalue weighted by Crippen LogP contribution is -2.18. The van der Waals surface area contributed by atoms with Gasteiger partial charge in [0.05, 0.1) is 9.09 Å². The van der Waals surface area contributed by atoms with Gasteiger partial charge in [0.2, 0.25) is 0 Å². The normalized spacial score (nSPS) is 16.4. The van der Waals surface area contributed by atoms with Gasteiger partial charge in [-0.05, 0) is 63.8 Å². The molecule has 0 aliphatic carbocycles. The van der Waals surface area contributed by atoms with Crippen molar-refractivity contribution in [2.24, 2.45) is 0 Å². The molecule has 3 nitrogen and oxygen atoms in total. The Balaban J connectivity index is 1.45. The molecule has 1 aliphatic rings. The zero-order chi connectivity index (χ0) is 18.4. The van der Waals surface area contributed by atoms with Crippen molar-refractivity contribution >= 4 is 33.6 Å². The van der Waals surface area contributed by atoms with Crippen LogP contribution in [0.5, 0.6) is 5.75 Å². The number of benzene rings is 3. The second-order valence-corrected chi connectivity index (χ2v) is 8.28. The molecule has 0 bridgehead atoms. The van der Waals surface area contributed by atoms with Crippen LogP contribution >= 0.6 is 22.6 Å². The van der Waals surface area contributed by atoms with Crippen LogP contribution in [0.3, 0.4) is 0 Å². The van der Waals surface area contributed by atoms with Crippen molar-refractivity contribution in [3.63, 3.8) is 0 Å². The molecule has 0 saturated carbocycles. The predicted octanol–water partition coefficient (Wildman–Crippen LogP) is 5.74. The number of halogens is 1. The maximum absolute atomic E-state index is 10.3. The summed E-state index contributed by atoms with van der Waals surface area (Å²) in [4.78, 5) is 4.76. The third-order valence-corrected chi connectivity index (χ3v) is 6.41. The van der Waals surface area contributed by atoms with Crippen LogP contribution in [0.2, 0.25) is 0 Å². The molecule has 4 heteroatoms. The number of hydrogen-bond acceptors (Lipinski definition) is 2. The highest BCUT2D eigenvalue weighted by atomic mass is 127. The van der Waals surface area contributed by atoms with Crippen LogP contribution < -0.4 is 0 Å². The first kappa shape index (κ1) is 16.8. The molecule has 0 radical (unpaired) electrons. The summed E-state index contributed by atoms with van der Waals surface area (Å²) in [5, 5.41) is 10.3. The number of rotatable bonds is 2. The monoisotopic (exact) mass is 466 g/mol. The molecule has 0 saturated heterocycles. The first-order chi connectivity index (χ1) is 13.2. The number of phenolic OH excluding ortho intramolecular Hbond substituents is 1. The minimum absolute atomic E-state index is 0.304. The highest BCUT2D eigenvalue weighted by Gasteiger charge is 2.24. The largest absolute Gasteiger partial charge is 0.505 e. The summed E-state index contributed by atoms with van der Waals surface area (Å²) in [6.45, 7) is 0.941. The highest BCUT2D eigenvalue weighted by molar-refractivity contribution is 14.1. The Labute approximate surface area is 171 Å². The van der Waals surface area contributed by atoms with Gasteiger partial charge in [-0.15, -0.1) is 0 Å². The second kappa shape index (κ2) is 6.68. The molecular weight excluding hydrogens is 447 g/mol.